The van der Waals surface area contributed by atoms with Crippen molar-refractivity contribution in [3.8, 4) is 0 Å². The minimum Gasteiger partial charge on any atom is -1.00 e. The van der Waals surface area contributed by atoms with Crippen LogP contribution in [0.2, 0.25) is 0 Å². The van der Waals surface area contributed by atoms with Crippen LogP contribution >= 0.6 is 0 Å². The van der Waals surface area contributed by atoms with Gasteiger partial charge in [-0.1, -0.05) is 0 Å². The molecule has 0 fully saturated rings. The van der Waals surface area contributed by atoms with E-state index in [1.165, 1.54) is 0 Å². The van der Waals surface area contributed by atoms with E-state index in [0.29, 0.717) is 0 Å². The van der Waals surface area contributed by atoms with Crippen LogP contribution < -0.4 is 0 Å². The standard InChI is InChI=1S/Be.Co.Cu.Fe.Ni.Si.2H/q+2;;;;;;2*-1. The van der Waals surface area contributed by atoms with Gasteiger partial charge in [-0.25, -0.2) is 0 Å². The molecule has 0 heterocycles. The van der Waals surface area contributed by atoms with Gasteiger partial charge in [0.05, 0.1) is 0 Å². The molecule has 0 atom stereocenters. The molecule has 0 aromatic heterocycles. The third-order valence-corrected chi connectivity index (χ3v) is 0. The van der Waals surface area contributed by atoms with E-state index in [1.807, 2.05) is 0 Å². The Bertz CT molecular complexity index is 22.0. The first-order chi connectivity index (χ1) is 0. The Morgan fingerprint density at radius 3 is 1.17 bits per heavy atom. The van der Waals surface area contributed by atoms with Crippen molar-refractivity contribution in [2.75, 3.05) is 0 Å². The zero-order chi connectivity index (χ0) is 0. The summed E-state index contributed by atoms with van der Waals surface area (Å²) in [7, 11) is 0. The van der Waals surface area contributed by atoms with Crippen molar-refractivity contribution in [2.45, 2.75) is 0 Å². The summed E-state index contributed by atoms with van der Waals surface area (Å²) in [6.07, 6.45) is 0. The van der Waals surface area contributed by atoms with Gasteiger partial charge in [-0.05, 0) is 0 Å². The van der Waals surface area contributed by atoms with Crippen LogP contribution in [0, 0.1) is 0 Å². The van der Waals surface area contributed by atoms with E-state index in [4.69, 9.17) is 0 Å². The van der Waals surface area contributed by atoms with Crippen molar-refractivity contribution < 1.29 is 70.3 Å². The maximum atomic E-state index is 0. The molecule has 0 aromatic carbocycles. The van der Waals surface area contributed by atoms with Crippen LogP contribution in [0.3, 0.4) is 0 Å². The Morgan fingerprint density at radius 2 is 1.17 bits per heavy atom. The Kier molecular flexibility index (Phi) is 686. The molecule has 0 saturated heterocycles. The molecule has 0 rings (SSSR count). The van der Waals surface area contributed by atoms with Gasteiger partial charge in [0.1, 0.15) is 0 Å². The summed E-state index contributed by atoms with van der Waals surface area (Å²) in [6.45, 7) is 0. The average Bonchev–Trinajstić information content (AvgIpc) is 0. The Labute approximate surface area is 90.6 Å². The van der Waals surface area contributed by atoms with Gasteiger partial charge in [-0.15, -0.1) is 0 Å². The summed E-state index contributed by atoms with van der Waals surface area (Å²) in [5.41, 5.74) is 0. The number of hydrogen-bond acceptors (Lipinski definition) is 0. The van der Waals surface area contributed by atoms with Crippen molar-refractivity contribution in [1.82, 2.24) is 0 Å². The van der Waals surface area contributed by atoms with Crippen molar-refractivity contribution in [1.29, 1.82) is 0 Å². The van der Waals surface area contributed by atoms with Crippen LogP contribution in [0.25, 0.3) is 0 Å². The van der Waals surface area contributed by atoms with Crippen LogP contribution in [0.1, 0.15) is 2.85 Å². The van der Waals surface area contributed by atoms with E-state index in [9.17, 15) is 0 Å². The van der Waals surface area contributed by atoms with Crippen LogP contribution in [0.4, 0.5) is 0 Å². The van der Waals surface area contributed by atoms with E-state index in [1.54, 1.807) is 0 Å². The minimum absolute atomic E-state index is 0. The van der Waals surface area contributed by atoms with Crippen molar-refractivity contribution in [3.63, 3.8) is 0 Å². The van der Waals surface area contributed by atoms with Crippen LogP contribution in [0.5, 0.6) is 0 Å². The van der Waals surface area contributed by atoms with Crippen molar-refractivity contribution in [2.24, 2.45) is 0 Å². The van der Waals surface area contributed by atoms with Gasteiger partial charge in [0.25, 0.3) is 0 Å². The first-order valence-corrected chi connectivity index (χ1v) is 0. The molecule has 0 aliphatic heterocycles. The molecule has 0 amide bonds. The largest absolute Gasteiger partial charge is 2.00 e. The monoisotopic (exact) mass is 275 g/mol. The molecule has 0 saturated carbocycles. The molecule has 0 unspecified atom stereocenters. The molecule has 0 spiro atoms. The molecule has 6 heavy (non-hydrogen) atoms. The third-order valence-electron chi connectivity index (χ3n) is 0. The smallest absolute Gasteiger partial charge is 1.00 e. The van der Waals surface area contributed by atoms with Crippen molar-refractivity contribution >= 4 is 21.1 Å². The fourth-order valence-electron chi connectivity index (χ4n) is 0. The van der Waals surface area contributed by atoms with Crippen molar-refractivity contribution in [3.05, 3.63) is 0 Å². The van der Waals surface area contributed by atoms with Gasteiger partial charge in [-0.3, -0.25) is 0 Å². The molecule has 0 N–H and O–H groups in total. The third kappa shape index (κ3) is 32.2. The van der Waals surface area contributed by atoms with Gasteiger partial charge in [-0.2, -0.15) is 0 Å². The minimum atomic E-state index is 0. The number of hydrogen-bond donors (Lipinski definition) is 0. The maximum Gasteiger partial charge on any atom is 2.00 e. The van der Waals surface area contributed by atoms with Gasteiger partial charge in [0.15, 0.2) is 0 Å². The predicted octanol–water partition coefficient (Wildman–Crippen LogP) is -0.547. The fourth-order valence-corrected chi connectivity index (χ4v) is 0. The summed E-state index contributed by atoms with van der Waals surface area (Å²) in [4.78, 5) is 0. The topological polar surface area (TPSA) is 0 Å². The summed E-state index contributed by atoms with van der Waals surface area (Å²) >= 11 is 0. The molecular formula is H2BeCoCuFeNiSi. The summed E-state index contributed by atoms with van der Waals surface area (Å²) in [6, 6.07) is 0. The maximum absolute atomic E-state index is 0. The predicted molar refractivity (Wildman–Crippen MR) is 13.7 cm³/mol. The molecule has 6 radical (unpaired) electrons. The summed E-state index contributed by atoms with van der Waals surface area (Å²) < 4.78 is 0. The zero-order valence-electron chi connectivity index (χ0n) is 4.51. The Hall–Kier alpha value is 2.42. The van der Waals surface area contributed by atoms with Gasteiger partial charge in [0.2, 0.25) is 0 Å². The fraction of sp³-hybridized carbons (Fsp3) is 0. The van der Waals surface area contributed by atoms with E-state index in [0.717, 1.165) is 0 Å². The van der Waals surface area contributed by atoms with Gasteiger partial charge < -0.3 is 2.85 Å². The average molecular weight is 276 g/mol. The molecule has 0 aliphatic carbocycles. The molecule has 0 nitrogen and oxygen atoms in total. The van der Waals surface area contributed by atoms with E-state index in [-0.39, 0.29) is 91.3 Å². The molecule has 46 valence electrons. The van der Waals surface area contributed by atoms with E-state index < -0.39 is 0 Å². The van der Waals surface area contributed by atoms with Crippen LogP contribution in [0.15, 0.2) is 0 Å². The van der Waals surface area contributed by atoms with Crippen LogP contribution in [-0.2, 0) is 67.4 Å². The molecule has 0 bridgehead atoms. The second kappa shape index (κ2) is 52.1. The molecule has 0 aliphatic rings. The first-order valence-electron chi connectivity index (χ1n) is 0. The molecular weight excluding hydrogens is 274 g/mol. The van der Waals surface area contributed by atoms with Gasteiger partial charge in [0, 0.05) is 78.4 Å². The first kappa shape index (κ1) is 79.0. The summed E-state index contributed by atoms with van der Waals surface area (Å²) in [5, 5.41) is 0. The van der Waals surface area contributed by atoms with Crippen LogP contribution in [-0.4, -0.2) is 21.1 Å². The molecule has 6 heteroatoms. The second-order valence-corrected chi connectivity index (χ2v) is 0. The zero-order valence-corrected chi connectivity index (χ0v) is 7.59. The Balaban J connectivity index is 0. The molecule has 0 aromatic rings. The van der Waals surface area contributed by atoms with E-state index >= 15 is 0 Å². The van der Waals surface area contributed by atoms with E-state index in [2.05, 4.69) is 0 Å². The quantitative estimate of drug-likeness (QED) is 0.521. The second-order valence-electron chi connectivity index (χ2n) is 0. The normalized spacial score (nSPS) is 0. The SMILES string of the molecule is [Be+2].[Co].[Cu].[Fe].[H-].[H-].[Ni].[Si]. The Morgan fingerprint density at radius 1 is 1.17 bits per heavy atom. The number of rotatable bonds is 0. The van der Waals surface area contributed by atoms with Gasteiger partial charge >= 0.3 is 10.1 Å². The summed E-state index contributed by atoms with van der Waals surface area (Å²) in [5.74, 6) is 0.